The second-order valence-electron chi connectivity index (χ2n) is 6.12. The molecule has 1 N–H and O–H groups in total. The number of hydrogen-bond acceptors (Lipinski definition) is 6. The molecule has 1 amide bonds. The van der Waals surface area contributed by atoms with Crippen molar-refractivity contribution in [3.63, 3.8) is 0 Å². The zero-order valence-electron chi connectivity index (χ0n) is 16.2. The quantitative estimate of drug-likeness (QED) is 0.642. The van der Waals surface area contributed by atoms with Crippen LogP contribution in [0.15, 0.2) is 42.6 Å². The van der Waals surface area contributed by atoms with Crippen LogP contribution in [0.25, 0.3) is 0 Å². The fourth-order valence-corrected chi connectivity index (χ4v) is 3.66. The minimum absolute atomic E-state index is 0.265. The summed E-state index contributed by atoms with van der Waals surface area (Å²) in [4.78, 5) is 18.0. The van der Waals surface area contributed by atoms with E-state index in [1.807, 2.05) is 31.2 Å². The molecule has 0 radical (unpaired) electrons. The van der Waals surface area contributed by atoms with Gasteiger partial charge in [-0.05, 0) is 36.8 Å². The number of amides is 1. The predicted molar refractivity (Wildman–Crippen MR) is 110 cm³/mol. The fourth-order valence-electron chi connectivity index (χ4n) is 2.82. The molecule has 0 atom stereocenters. The van der Waals surface area contributed by atoms with Gasteiger partial charge in [-0.2, -0.15) is 0 Å². The van der Waals surface area contributed by atoms with Gasteiger partial charge in [0.25, 0.3) is 5.91 Å². The Kier molecular flexibility index (Phi) is 6.16. The van der Waals surface area contributed by atoms with Crippen LogP contribution in [0.1, 0.15) is 26.4 Å². The first kappa shape index (κ1) is 19.7. The second kappa shape index (κ2) is 8.75. The SMILES string of the molecule is COc1cccc(Cc2cnc(NC(=O)c3cc(OC)c(C)c(OC)c3)s2)c1. The smallest absolute Gasteiger partial charge is 0.257 e. The Labute approximate surface area is 168 Å². The molecule has 0 aliphatic rings. The first-order valence-electron chi connectivity index (χ1n) is 8.65. The monoisotopic (exact) mass is 398 g/mol. The average molecular weight is 398 g/mol. The summed E-state index contributed by atoms with van der Waals surface area (Å²) in [6.45, 7) is 1.88. The Morgan fingerprint density at radius 1 is 1.07 bits per heavy atom. The number of benzene rings is 2. The number of nitrogens with one attached hydrogen (secondary N) is 1. The maximum absolute atomic E-state index is 12.6. The van der Waals surface area contributed by atoms with Gasteiger partial charge < -0.3 is 14.2 Å². The van der Waals surface area contributed by atoms with E-state index in [2.05, 4.69) is 10.3 Å². The minimum atomic E-state index is -0.265. The Bertz CT molecular complexity index is 959. The lowest BCUT2D eigenvalue weighted by Gasteiger charge is -2.12. The molecule has 3 aromatic rings. The maximum Gasteiger partial charge on any atom is 0.257 e. The fraction of sp³-hybridized carbons (Fsp3) is 0.238. The van der Waals surface area contributed by atoms with Crippen LogP contribution in [-0.4, -0.2) is 32.2 Å². The van der Waals surface area contributed by atoms with E-state index in [-0.39, 0.29) is 5.91 Å². The highest BCUT2D eigenvalue weighted by molar-refractivity contribution is 7.15. The molecular weight excluding hydrogens is 376 g/mol. The van der Waals surface area contributed by atoms with E-state index >= 15 is 0 Å². The molecule has 0 fully saturated rings. The standard InChI is InChI=1S/C21H22N2O4S/c1-13-18(26-3)10-15(11-19(13)27-4)20(24)23-21-22-12-17(28-21)9-14-6-5-7-16(8-14)25-2/h5-8,10-12H,9H2,1-4H3,(H,22,23,24). The third-order valence-electron chi connectivity index (χ3n) is 4.30. The molecule has 7 heteroatoms. The number of aromatic nitrogens is 1. The van der Waals surface area contributed by atoms with E-state index in [1.54, 1.807) is 39.7 Å². The van der Waals surface area contributed by atoms with Crippen LogP contribution in [0.2, 0.25) is 0 Å². The molecule has 0 saturated heterocycles. The Morgan fingerprint density at radius 3 is 2.43 bits per heavy atom. The predicted octanol–water partition coefficient (Wildman–Crippen LogP) is 4.32. The van der Waals surface area contributed by atoms with E-state index in [1.165, 1.54) is 11.3 Å². The molecule has 6 nitrogen and oxygen atoms in total. The number of nitrogens with zero attached hydrogens (tertiary/aromatic N) is 1. The van der Waals surface area contributed by atoms with Crippen molar-refractivity contribution in [2.45, 2.75) is 13.3 Å². The highest BCUT2D eigenvalue weighted by atomic mass is 32.1. The Hall–Kier alpha value is -3.06. The number of anilines is 1. The summed E-state index contributed by atoms with van der Waals surface area (Å²) >= 11 is 1.44. The van der Waals surface area contributed by atoms with Gasteiger partial charge in [0.05, 0.1) is 21.3 Å². The molecule has 2 aromatic carbocycles. The van der Waals surface area contributed by atoms with Gasteiger partial charge in [0.2, 0.25) is 0 Å². The van der Waals surface area contributed by atoms with E-state index in [4.69, 9.17) is 14.2 Å². The van der Waals surface area contributed by atoms with Crippen LogP contribution < -0.4 is 19.5 Å². The van der Waals surface area contributed by atoms with Gasteiger partial charge >= 0.3 is 0 Å². The molecular formula is C21H22N2O4S. The number of thiazole rings is 1. The molecule has 1 heterocycles. The van der Waals surface area contributed by atoms with Crippen molar-refractivity contribution in [2.24, 2.45) is 0 Å². The van der Waals surface area contributed by atoms with Gasteiger partial charge in [0.1, 0.15) is 17.2 Å². The summed E-state index contributed by atoms with van der Waals surface area (Å²) in [5.41, 5.74) is 2.41. The average Bonchev–Trinajstić information content (AvgIpc) is 3.14. The van der Waals surface area contributed by atoms with Crippen molar-refractivity contribution in [1.29, 1.82) is 0 Å². The zero-order chi connectivity index (χ0) is 20.1. The minimum Gasteiger partial charge on any atom is -0.497 e. The van der Waals surface area contributed by atoms with E-state index in [0.717, 1.165) is 28.2 Å². The van der Waals surface area contributed by atoms with Gasteiger partial charge in [-0.15, -0.1) is 11.3 Å². The highest BCUT2D eigenvalue weighted by Gasteiger charge is 2.15. The van der Waals surface area contributed by atoms with Gasteiger partial charge in [-0.1, -0.05) is 12.1 Å². The summed E-state index contributed by atoms with van der Waals surface area (Å²) in [7, 11) is 4.78. The molecule has 0 bridgehead atoms. The first-order valence-corrected chi connectivity index (χ1v) is 9.47. The van der Waals surface area contributed by atoms with Crippen molar-refractivity contribution in [1.82, 2.24) is 4.98 Å². The summed E-state index contributed by atoms with van der Waals surface area (Å²) in [5, 5.41) is 3.38. The molecule has 0 aliphatic carbocycles. The number of methoxy groups -OCH3 is 3. The van der Waals surface area contributed by atoms with Gasteiger partial charge in [0, 0.05) is 28.6 Å². The van der Waals surface area contributed by atoms with Crippen molar-refractivity contribution in [2.75, 3.05) is 26.6 Å². The molecule has 0 aliphatic heterocycles. The van der Waals surface area contributed by atoms with Gasteiger partial charge in [0.15, 0.2) is 5.13 Å². The van der Waals surface area contributed by atoms with E-state index < -0.39 is 0 Å². The second-order valence-corrected chi connectivity index (χ2v) is 7.24. The molecule has 3 rings (SSSR count). The van der Waals surface area contributed by atoms with Crippen molar-refractivity contribution >= 4 is 22.4 Å². The molecule has 146 valence electrons. The normalized spacial score (nSPS) is 10.4. The van der Waals surface area contributed by atoms with Crippen LogP contribution in [-0.2, 0) is 6.42 Å². The van der Waals surface area contributed by atoms with Crippen molar-refractivity contribution in [3.8, 4) is 17.2 Å². The topological polar surface area (TPSA) is 69.7 Å². The van der Waals surface area contributed by atoms with Crippen LogP contribution in [0.5, 0.6) is 17.2 Å². The lowest BCUT2D eigenvalue weighted by atomic mass is 10.1. The van der Waals surface area contributed by atoms with Crippen LogP contribution in [0.3, 0.4) is 0 Å². The highest BCUT2D eigenvalue weighted by Crippen LogP contribution is 2.30. The first-order chi connectivity index (χ1) is 13.5. The largest absolute Gasteiger partial charge is 0.497 e. The Balaban J connectivity index is 1.73. The van der Waals surface area contributed by atoms with Crippen LogP contribution in [0, 0.1) is 6.92 Å². The van der Waals surface area contributed by atoms with Crippen LogP contribution >= 0.6 is 11.3 Å². The molecule has 0 spiro atoms. The summed E-state index contributed by atoms with van der Waals surface area (Å²) in [6.07, 6.45) is 2.49. The zero-order valence-corrected chi connectivity index (χ0v) is 17.1. The third-order valence-corrected chi connectivity index (χ3v) is 5.21. The summed E-state index contributed by atoms with van der Waals surface area (Å²) < 4.78 is 15.9. The molecule has 0 saturated carbocycles. The van der Waals surface area contributed by atoms with Gasteiger partial charge in [-0.25, -0.2) is 4.98 Å². The van der Waals surface area contributed by atoms with Crippen LogP contribution in [0.4, 0.5) is 5.13 Å². The molecule has 0 unspecified atom stereocenters. The van der Waals surface area contributed by atoms with E-state index in [0.29, 0.717) is 22.2 Å². The molecule has 28 heavy (non-hydrogen) atoms. The lowest BCUT2D eigenvalue weighted by Crippen LogP contribution is -2.12. The maximum atomic E-state index is 12.6. The number of carbonyl (C=O) groups excluding carboxylic acids is 1. The number of ether oxygens (including phenoxy) is 3. The molecule has 1 aromatic heterocycles. The van der Waals surface area contributed by atoms with Crippen molar-refractivity contribution in [3.05, 3.63) is 64.2 Å². The number of rotatable bonds is 7. The van der Waals surface area contributed by atoms with Crippen molar-refractivity contribution < 1.29 is 19.0 Å². The summed E-state index contributed by atoms with van der Waals surface area (Å²) in [5.74, 6) is 1.75. The Morgan fingerprint density at radius 2 is 1.79 bits per heavy atom. The number of hydrogen-bond donors (Lipinski definition) is 1. The van der Waals surface area contributed by atoms with E-state index in [9.17, 15) is 4.79 Å². The third kappa shape index (κ3) is 4.43. The van der Waals surface area contributed by atoms with Gasteiger partial charge in [-0.3, -0.25) is 10.1 Å². The number of carbonyl (C=O) groups is 1. The summed E-state index contributed by atoms with van der Waals surface area (Å²) in [6, 6.07) is 11.3. The lowest BCUT2D eigenvalue weighted by molar-refractivity contribution is 0.102.